The minimum atomic E-state index is -1.51. The van der Waals surface area contributed by atoms with Crippen LogP contribution in [0.1, 0.15) is 61.3 Å². The monoisotopic (exact) mass is 444 g/mol. The van der Waals surface area contributed by atoms with Gasteiger partial charge in [-0.3, -0.25) is 14.4 Å². The van der Waals surface area contributed by atoms with Crippen LogP contribution < -0.4 is 21.7 Å². The highest BCUT2D eigenvalue weighted by Gasteiger charge is 2.33. The van der Waals surface area contributed by atoms with Crippen molar-refractivity contribution in [3.63, 3.8) is 0 Å². The van der Waals surface area contributed by atoms with Gasteiger partial charge in [0.15, 0.2) is 6.04 Å². The normalized spacial score (nSPS) is 16.4. The van der Waals surface area contributed by atoms with Crippen molar-refractivity contribution in [1.29, 1.82) is 0 Å². The number of carboxylic acids is 1. The molecule has 0 aliphatic carbocycles. The molecule has 0 bridgehead atoms. The first-order chi connectivity index (χ1) is 14.2. The second kappa shape index (κ2) is 13.3. The third-order valence-corrected chi connectivity index (χ3v) is 4.70. The zero-order valence-corrected chi connectivity index (χ0v) is 19.6. The van der Waals surface area contributed by atoms with Crippen LogP contribution in [-0.4, -0.2) is 64.2 Å². The molecule has 0 aliphatic heterocycles. The highest BCUT2D eigenvalue weighted by Crippen LogP contribution is 2.10. The highest BCUT2D eigenvalue weighted by molar-refractivity contribution is 5.94. The summed E-state index contributed by atoms with van der Waals surface area (Å²) < 4.78 is 0. The van der Waals surface area contributed by atoms with Gasteiger partial charge in [-0.1, -0.05) is 41.5 Å². The Morgan fingerprint density at radius 3 is 1.61 bits per heavy atom. The summed E-state index contributed by atoms with van der Waals surface area (Å²) >= 11 is 0. The lowest BCUT2D eigenvalue weighted by atomic mass is 9.98. The predicted molar refractivity (Wildman–Crippen MR) is 117 cm³/mol. The molecule has 5 unspecified atom stereocenters. The van der Waals surface area contributed by atoms with E-state index in [9.17, 15) is 29.4 Å². The molecule has 0 radical (unpaired) electrons. The minimum absolute atomic E-state index is 0.0115. The molecule has 0 aromatic heterocycles. The molecule has 0 fully saturated rings. The molecule has 7 N–H and O–H groups in total. The molecule has 10 heteroatoms. The number of aliphatic hydroxyl groups is 1. The first-order valence-corrected chi connectivity index (χ1v) is 10.7. The number of rotatable bonds is 13. The fourth-order valence-corrected chi connectivity index (χ4v) is 3.02. The molecule has 5 atom stereocenters. The first-order valence-electron chi connectivity index (χ1n) is 10.7. The molecule has 0 spiro atoms. The lowest BCUT2D eigenvalue weighted by Crippen LogP contribution is -2.59. The molecule has 0 aromatic carbocycles. The standard InChI is InChI=1S/C21H40N4O6/c1-10(2)8-14(22)18(27)24-16(12(5)6)20(29)23-15(9-11(3)4)19(28)25-17(13(7)26)21(30)31/h10-17,26H,8-9,22H2,1-7H3,(H,23,29)(H,24,27)(H,25,28)(H,30,31). The van der Waals surface area contributed by atoms with Gasteiger partial charge in [0, 0.05) is 0 Å². The van der Waals surface area contributed by atoms with Crippen LogP contribution in [0.15, 0.2) is 0 Å². The maximum atomic E-state index is 12.9. The summed E-state index contributed by atoms with van der Waals surface area (Å²) in [6, 6.07) is -4.21. The average molecular weight is 445 g/mol. The van der Waals surface area contributed by atoms with Gasteiger partial charge < -0.3 is 31.9 Å². The van der Waals surface area contributed by atoms with E-state index in [0.29, 0.717) is 6.42 Å². The number of aliphatic hydroxyl groups excluding tert-OH is 1. The van der Waals surface area contributed by atoms with E-state index >= 15 is 0 Å². The SMILES string of the molecule is CC(C)CC(N)C(=O)NC(C(=O)NC(CC(C)C)C(=O)NC(C(=O)O)C(C)O)C(C)C. The smallest absolute Gasteiger partial charge is 0.328 e. The molecule has 0 aliphatic rings. The van der Waals surface area contributed by atoms with Crippen molar-refractivity contribution in [2.45, 2.75) is 91.6 Å². The molecule has 31 heavy (non-hydrogen) atoms. The van der Waals surface area contributed by atoms with Crippen molar-refractivity contribution >= 4 is 23.7 Å². The summed E-state index contributed by atoms with van der Waals surface area (Å²) in [4.78, 5) is 49.3. The van der Waals surface area contributed by atoms with Gasteiger partial charge in [-0.2, -0.15) is 0 Å². The Morgan fingerprint density at radius 1 is 0.742 bits per heavy atom. The van der Waals surface area contributed by atoms with Crippen LogP contribution in [0.25, 0.3) is 0 Å². The van der Waals surface area contributed by atoms with E-state index in [2.05, 4.69) is 16.0 Å². The van der Waals surface area contributed by atoms with Crippen LogP contribution >= 0.6 is 0 Å². The Morgan fingerprint density at radius 2 is 1.23 bits per heavy atom. The molecule has 3 amide bonds. The number of aliphatic carboxylic acids is 1. The van der Waals surface area contributed by atoms with E-state index in [1.165, 1.54) is 6.92 Å². The van der Waals surface area contributed by atoms with Crippen LogP contribution in [-0.2, 0) is 19.2 Å². The fraction of sp³-hybridized carbons (Fsp3) is 0.810. The van der Waals surface area contributed by atoms with E-state index < -0.39 is 54.0 Å². The number of amides is 3. The number of carbonyl (C=O) groups excluding carboxylic acids is 3. The van der Waals surface area contributed by atoms with Crippen LogP contribution in [0.4, 0.5) is 0 Å². The number of carboxylic acid groups (broad SMARTS) is 1. The van der Waals surface area contributed by atoms with Gasteiger partial charge in [-0.25, -0.2) is 4.79 Å². The van der Waals surface area contributed by atoms with E-state index in [1.807, 2.05) is 27.7 Å². The van der Waals surface area contributed by atoms with Gasteiger partial charge in [-0.05, 0) is 37.5 Å². The van der Waals surface area contributed by atoms with Gasteiger partial charge in [-0.15, -0.1) is 0 Å². The molecule has 0 heterocycles. The number of carbonyl (C=O) groups is 4. The van der Waals surface area contributed by atoms with Crippen LogP contribution in [0, 0.1) is 17.8 Å². The summed E-state index contributed by atoms with van der Waals surface area (Å²) in [5.41, 5.74) is 5.91. The molecular formula is C21H40N4O6. The van der Waals surface area contributed by atoms with E-state index in [4.69, 9.17) is 5.73 Å². The van der Waals surface area contributed by atoms with Gasteiger partial charge in [0.25, 0.3) is 0 Å². The van der Waals surface area contributed by atoms with Crippen molar-refractivity contribution in [1.82, 2.24) is 16.0 Å². The molecule has 0 saturated heterocycles. The summed E-state index contributed by atoms with van der Waals surface area (Å²) in [5, 5.41) is 26.3. The van der Waals surface area contributed by atoms with E-state index in [-0.39, 0.29) is 24.2 Å². The Balaban J connectivity index is 5.42. The van der Waals surface area contributed by atoms with Crippen molar-refractivity contribution in [3.05, 3.63) is 0 Å². The molecule has 180 valence electrons. The van der Waals surface area contributed by atoms with Gasteiger partial charge >= 0.3 is 5.97 Å². The zero-order chi connectivity index (χ0) is 24.5. The number of hydrogen-bond acceptors (Lipinski definition) is 6. The average Bonchev–Trinajstić information content (AvgIpc) is 2.60. The fourth-order valence-electron chi connectivity index (χ4n) is 3.02. The van der Waals surface area contributed by atoms with Gasteiger partial charge in [0.2, 0.25) is 17.7 Å². The van der Waals surface area contributed by atoms with Gasteiger partial charge in [0.05, 0.1) is 12.1 Å². The third kappa shape index (κ3) is 10.6. The lowest BCUT2D eigenvalue weighted by molar-refractivity contribution is -0.145. The molecule has 0 saturated carbocycles. The molecular weight excluding hydrogens is 404 g/mol. The Kier molecular flexibility index (Phi) is 12.3. The van der Waals surface area contributed by atoms with E-state index in [0.717, 1.165) is 0 Å². The van der Waals surface area contributed by atoms with Crippen LogP contribution in [0.5, 0.6) is 0 Å². The minimum Gasteiger partial charge on any atom is -0.480 e. The molecule has 10 nitrogen and oxygen atoms in total. The zero-order valence-electron chi connectivity index (χ0n) is 19.6. The summed E-state index contributed by atoms with van der Waals surface area (Å²) in [7, 11) is 0. The quantitative estimate of drug-likeness (QED) is 0.232. The van der Waals surface area contributed by atoms with Gasteiger partial charge in [0.1, 0.15) is 12.1 Å². The maximum Gasteiger partial charge on any atom is 0.328 e. The van der Waals surface area contributed by atoms with Crippen molar-refractivity contribution in [2.24, 2.45) is 23.5 Å². The summed E-state index contributed by atoms with van der Waals surface area (Å²) in [5.74, 6) is -3.18. The van der Waals surface area contributed by atoms with E-state index in [1.54, 1.807) is 13.8 Å². The predicted octanol–water partition coefficient (Wildman–Crippen LogP) is -0.0183. The third-order valence-electron chi connectivity index (χ3n) is 4.70. The molecule has 0 rings (SSSR count). The Bertz CT molecular complexity index is 621. The molecule has 0 aromatic rings. The first kappa shape index (κ1) is 28.8. The Hall–Kier alpha value is -2.20. The number of hydrogen-bond donors (Lipinski definition) is 6. The Labute approximate surface area is 184 Å². The second-order valence-corrected chi connectivity index (χ2v) is 9.22. The highest BCUT2D eigenvalue weighted by atomic mass is 16.4. The lowest BCUT2D eigenvalue weighted by Gasteiger charge is -2.28. The number of nitrogens with two attached hydrogens (primary N) is 1. The summed E-state index contributed by atoms with van der Waals surface area (Å²) in [6.07, 6.45) is -0.607. The van der Waals surface area contributed by atoms with Crippen LogP contribution in [0.2, 0.25) is 0 Å². The summed E-state index contributed by atoms with van der Waals surface area (Å²) in [6.45, 7) is 12.3. The largest absolute Gasteiger partial charge is 0.480 e. The maximum absolute atomic E-state index is 12.9. The van der Waals surface area contributed by atoms with Crippen LogP contribution in [0.3, 0.4) is 0 Å². The number of nitrogens with one attached hydrogen (secondary N) is 3. The van der Waals surface area contributed by atoms with Crippen molar-refractivity contribution in [3.8, 4) is 0 Å². The second-order valence-electron chi connectivity index (χ2n) is 9.22. The van der Waals surface area contributed by atoms with Crippen molar-refractivity contribution < 1.29 is 29.4 Å². The topological polar surface area (TPSA) is 171 Å². The van der Waals surface area contributed by atoms with Crippen molar-refractivity contribution in [2.75, 3.05) is 0 Å².